The molecule has 0 saturated heterocycles. The molecule has 0 fully saturated rings. The maximum Gasteiger partial charge on any atom is 0.203 e. The van der Waals surface area contributed by atoms with Crippen molar-refractivity contribution >= 4 is 22.7 Å². The van der Waals surface area contributed by atoms with Gasteiger partial charge in [-0.15, -0.1) is 11.3 Å². The Kier molecular flexibility index (Phi) is 3.39. The van der Waals surface area contributed by atoms with Crippen molar-refractivity contribution in [3.8, 4) is 5.75 Å². The van der Waals surface area contributed by atoms with E-state index in [2.05, 4.69) is 15.5 Å². The molecule has 1 aromatic heterocycles. The molecule has 0 atom stereocenters. The molecule has 2 N–H and O–H groups in total. The van der Waals surface area contributed by atoms with Gasteiger partial charge in [-0.1, -0.05) is 11.6 Å². The number of aromatic nitrogens is 1. The van der Waals surface area contributed by atoms with Crippen LogP contribution in [0.5, 0.6) is 5.75 Å². The zero-order chi connectivity index (χ0) is 12.3. The van der Waals surface area contributed by atoms with E-state index in [1.807, 2.05) is 31.4 Å². The van der Waals surface area contributed by atoms with E-state index in [1.165, 1.54) is 11.3 Å². The first-order valence-electron chi connectivity index (χ1n) is 5.16. The summed E-state index contributed by atoms with van der Waals surface area (Å²) >= 11 is 1.49. The number of nitrogens with one attached hydrogen (secondary N) is 1. The van der Waals surface area contributed by atoms with Crippen molar-refractivity contribution < 1.29 is 5.11 Å². The number of anilines is 1. The number of aryl methyl sites for hydroxylation is 2. The second-order valence-corrected chi connectivity index (χ2v) is 4.58. The molecule has 88 valence electrons. The lowest BCUT2D eigenvalue weighted by molar-refractivity contribution is 0.474. The molecule has 1 heterocycles. The lowest BCUT2D eigenvalue weighted by atomic mass is 10.1. The lowest BCUT2D eigenvalue weighted by Crippen LogP contribution is -1.91. The van der Waals surface area contributed by atoms with Crippen LogP contribution in [0.2, 0.25) is 0 Å². The molecule has 0 saturated carbocycles. The van der Waals surface area contributed by atoms with E-state index in [-0.39, 0.29) is 5.75 Å². The summed E-state index contributed by atoms with van der Waals surface area (Å²) in [5, 5.41) is 16.3. The molecule has 0 aliphatic carbocycles. The Hall–Kier alpha value is -1.88. The molecule has 0 unspecified atom stereocenters. The maximum atomic E-state index is 9.60. The van der Waals surface area contributed by atoms with E-state index in [0.717, 1.165) is 16.4 Å². The first kappa shape index (κ1) is 11.6. The van der Waals surface area contributed by atoms with Crippen molar-refractivity contribution in [3.05, 3.63) is 40.4 Å². The van der Waals surface area contributed by atoms with Crippen molar-refractivity contribution in [2.24, 2.45) is 5.10 Å². The van der Waals surface area contributed by atoms with Crippen molar-refractivity contribution in [2.45, 2.75) is 13.8 Å². The minimum absolute atomic E-state index is 0.219. The van der Waals surface area contributed by atoms with Gasteiger partial charge in [0.1, 0.15) is 5.75 Å². The molecule has 0 aliphatic heterocycles. The summed E-state index contributed by atoms with van der Waals surface area (Å²) in [5.41, 5.74) is 5.55. The molecule has 17 heavy (non-hydrogen) atoms. The third-order valence-electron chi connectivity index (χ3n) is 2.17. The fraction of sp³-hybridized carbons (Fsp3) is 0.167. The molecule has 0 spiro atoms. The SMILES string of the molecule is Cc1ccc(O)c(C=NNc2nc(C)cs2)c1. The number of rotatable bonds is 3. The van der Waals surface area contributed by atoms with Gasteiger partial charge in [-0.3, -0.25) is 5.43 Å². The summed E-state index contributed by atoms with van der Waals surface area (Å²) in [7, 11) is 0. The highest BCUT2D eigenvalue weighted by Crippen LogP contribution is 2.17. The van der Waals surface area contributed by atoms with Gasteiger partial charge in [-0.05, 0) is 26.0 Å². The summed E-state index contributed by atoms with van der Waals surface area (Å²) < 4.78 is 0. The third kappa shape index (κ3) is 3.04. The van der Waals surface area contributed by atoms with Crippen molar-refractivity contribution in [2.75, 3.05) is 5.43 Å². The van der Waals surface area contributed by atoms with Gasteiger partial charge in [0, 0.05) is 10.9 Å². The van der Waals surface area contributed by atoms with Gasteiger partial charge in [0.25, 0.3) is 0 Å². The number of hydrogen-bond donors (Lipinski definition) is 2. The fourth-order valence-electron chi connectivity index (χ4n) is 1.34. The number of phenols is 1. The molecule has 0 amide bonds. The highest BCUT2D eigenvalue weighted by Gasteiger charge is 1.98. The summed E-state index contributed by atoms with van der Waals surface area (Å²) in [6.45, 7) is 3.90. The predicted molar refractivity (Wildman–Crippen MR) is 70.9 cm³/mol. The predicted octanol–water partition coefficient (Wildman–Crippen LogP) is 2.91. The van der Waals surface area contributed by atoms with Crippen LogP contribution in [0.15, 0.2) is 28.7 Å². The number of nitrogens with zero attached hydrogens (tertiary/aromatic N) is 2. The molecule has 4 nitrogen and oxygen atoms in total. The zero-order valence-electron chi connectivity index (χ0n) is 9.64. The first-order chi connectivity index (χ1) is 8.15. The van der Waals surface area contributed by atoms with E-state index in [4.69, 9.17) is 0 Å². The normalized spacial score (nSPS) is 10.9. The van der Waals surface area contributed by atoms with Crippen LogP contribution in [0.1, 0.15) is 16.8 Å². The number of phenolic OH excluding ortho intramolecular Hbond substituents is 1. The smallest absolute Gasteiger partial charge is 0.203 e. The van der Waals surface area contributed by atoms with Gasteiger partial charge < -0.3 is 5.11 Å². The summed E-state index contributed by atoms with van der Waals surface area (Å²) in [4.78, 5) is 4.21. The fourth-order valence-corrected chi connectivity index (χ4v) is 1.98. The lowest BCUT2D eigenvalue weighted by Gasteiger charge is -1.99. The van der Waals surface area contributed by atoms with Gasteiger partial charge in [-0.2, -0.15) is 5.10 Å². The molecule has 0 bridgehead atoms. The highest BCUT2D eigenvalue weighted by atomic mass is 32.1. The van der Waals surface area contributed by atoms with Crippen LogP contribution in [-0.2, 0) is 0 Å². The zero-order valence-corrected chi connectivity index (χ0v) is 10.5. The van der Waals surface area contributed by atoms with Gasteiger partial charge in [0.05, 0.1) is 11.9 Å². The van der Waals surface area contributed by atoms with Crippen LogP contribution in [0, 0.1) is 13.8 Å². The molecule has 2 rings (SSSR count). The summed E-state index contributed by atoms with van der Waals surface area (Å²) in [5.74, 6) is 0.219. The monoisotopic (exact) mass is 247 g/mol. The molecule has 1 aromatic carbocycles. The van der Waals surface area contributed by atoms with Gasteiger partial charge in [0.2, 0.25) is 5.13 Å². The van der Waals surface area contributed by atoms with Crippen LogP contribution in [0.3, 0.4) is 0 Å². The summed E-state index contributed by atoms with van der Waals surface area (Å²) in [6.07, 6.45) is 1.58. The van der Waals surface area contributed by atoms with Crippen LogP contribution in [0.4, 0.5) is 5.13 Å². The van der Waals surface area contributed by atoms with Gasteiger partial charge in [0.15, 0.2) is 0 Å². The number of benzene rings is 1. The Labute approximate surface area is 104 Å². The van der Waals surface area contributed by atoms with Crippen LogP contribution < -0.4 is 5.43 Å². The number of hydrogen-bond acceptors (Lipinski definition) is 5. The van der Waals surface area contributed by atoms with E-state index >= 15 is 0 Å². The topological polar surface area (TPSA) is 57.5 Å². The Morgan fingerprint density at radius 1 is 1.41 bits per heavy atom. The second kappa shape index (κ2) is 4.97. The Balaban J connectivity index is 2.07. The van der Waals surface area contributed by atoms with Crippen molar-refractivity contribution in [3.63, 3.8) is 0 Å². The Bertz CT molecular complexity index is 548. The summed E-state index contributed by atoms with van der Waals surface area (Å²) in [6, 6.07) is 5.38. The van der Waals surface area contributed by atoms with Gasteiger partial charge in [-0.25, -0.2) is 4.98 Å². The van der Waals surface area contributed by atoms with Crippen LogP contribution >= 0.6 is 11.3 Å². The van der Waals surface area contributed by atoms with Gasteiger partial charge >= 0.3 is 0 Å². The standard InChI is InChI=1S/C12H13N3OS/c1-8-3-4-11(16)10(5-8)6-13-15-12-14-9(2)7-17-12/h3-7,16H,1-2H3,(H,14,15). The Morgan fingerprint density at radius 2 is 2.24 bits per heavy atom. The van der Waals surface area contributed by atoms with Crippen LogP contribution in [0.25, 0.3) is 0 Å². The minimum Gasteiger partial charge on any atom is -0.507 e. The maximum absolute atomic E-state index is 9.60. The second-order valence-electron chi connectivity index (χ2n) is 3.73. The van der Waals surface area contributed by atoms with Crippen molar-refractivity contribution in [1.82, 2.24) is 4.98 Å². The molecule has 0 aliphatic rings. The average molecular weight is 247 g/mol. The number of hydrazone groups is 1. The number of aromatic hydroxyl groups is 1. The van der Waals surface area contributed by atoms with Crippen molar-refractivity contribution in [1.29, 1.82) is 0 Å². The largest absolute Gasteiger partial charge is 0.507 e. The van der Waals surface area contributed by atoms with Crippen LogP contribution in [-0.4, -0.2) is 16.3 Å². The third-order valence-corrected chi connectivity index (χ3v) is 3.03. The van der Waals surface area contributed by atoms with E-state index in [1.54, 1.807) is 12.3 Å². The van der Waals surface area contributed by atoms with E-state index in [9.17, 15) is 5.11 Å². The van der Waals surface area contributed by atoms with E-state index < -0.39 is 0 Å². The molecule has 2 aromatic rings. The quantitative estimate of drug-likeness (QED) is 0.647. The van der Waals surface area contributed by atoms with E-state index in [0.29, 0.717) is 5.56 Å². The Morgan fingerprint density at radius 3 is 2.94 bits per heavy atom. The molecule has 5 heteroatoms. The number of thiazole rings is 1. The highest BCUT2D eigenvalue weighted by molar-refractivity contribution is 7.13. The first-order valence-corrected chi connectivity index (χ1v) is 6.04. The minimum atomic E-state index is 0.219. The average Bonchev–Trinajstić information content (AvgIpc) is 2.69. The molecular weight excluding hydrogens is 234 g/mol. The molecule has 0 radical (unpaired) electrons. The molecular formula is C12H13N3OS.